The molecule has 2 aromatic carbocycles. The number of aryl methyl sites for hydroxylation is 1. The molecule has 3 nitrogen and oxygen atoms in total. The lowest BCUT2D eigenvalue weighted by atomic mass is 10.0. The maximum absolute atomic E-state index is 6.29. The summed E-state index contributed by atoms with van der Waals surface area (Å²) in [6, 6.07) is 20.1. The molecule has 0 fully saturated rings. The van der Waals surface area contributed by atoms with Crippen molar-refractivity contribution >= 4 is 0 Å². The van der Waals surface area contributed by atoms with Gasteiger partial charge in [0.15, 0.2) is 0 Å². The molecule has 3 rings (SSSR count). The van der Waals surface area contributed by atoms with Crippen LogP contribution >= 0.6 is 0 Å². The molecule has 2 N–H and O–H groups in total. The van der Waals surface area contributed by atoms with Crippen LogP contribution in [0.15, 0.2) is 66.9 Å². The zero-order valence-corrected chi connectivity index (χ0v) is 12.6. The summed E-state index contributed by atoms with van der Waals surface area (Å²) in [5.41, 5.74) is 10.7. The van der Waals surface area contributed by atoms with E-state index >= 15 is 0 Å². The van der Waals surface area contributed by atoms with Gasteiger partial charge < -0.3 is 5.73 Å². The van der Waals surface area contributed by atoms with E-state index in [9.17, 15) is 0 Å². The van der Waals surface area contributed by atoms with Crippen molar-refractivity contribution in [3.8, 4) is 11.3 Å². The third-order valence-electron chi connectivity index (χ3n) is 3.73. The zero-order valence-electron chi connectivity index (χ0n) is 12.6. The van der Waals surface area contributed by atoms with E-state index in [1.54, 1.807) is 6.20 Å². The average Bonchev–Trinajstić information content (AvgIpc) is 2.56. The number of hydrogen-bond acceptors (Lipinski definition) is 3. The highest BCUT2D eigenvalue weighted by molar-refractivity contribution is 5.62. The lowest BCUT2D eigenvalue weighted by molar-refractivity contribution is 0.668. The smallest absolute Gasteiger partial charge is 0.145 e. The highest BCUT2D eigenvalue weighted by Gasteiger charge is 2.12. The molecular formula is C19H19N3. The van der Waals surface area contributed by atoms with Crippen LogP contribution in [0.4, 0.5) is 0 Å². The maximum atomic E-state index is 6.29. The predicted octanol–water partition coefficient (Wildman–Crippen LogP) is 3.69. The van der Waals surface area contributed by atoms with Gasteiger partial charge in [0.1, 0.15) is 5.82 Å². The normalized spacial score (nSPS) is 12.1. The van der Waals surface area contributed by atoms with Crippen LogP contribution < -0.4 is 5.73 Å². The summed E-state index contributed by atoms with van der Waals surface area (Å²) in [6.07, 6.45) is 2.52. The monoisotopic (exact) mass is 289 g/mol. The van der Waals surface area contributed by atoms with Crippen molar-refractivity contribution in [2.45, 2.75) is 19.4 Å². The quantitative estimate of drug-likeness (QED) is 0.797. The van der Waals surface area contributed by atoms with Gasteiger partial charge in [-0.25, -0.2) is 9.97 Å². The van der Waals surface area contributed by atoms with Gasteiger partial charge >= 0.3 is 0 Å². The van der Waals surface area contributed by atoms with Gasteiger partial charge in [0.2, 0.25) is 0 Å². The fraction of sp³-hybridized carbons (Fsp3) is 0.158. The van der Waals surface area contributed by atoms with Crippen molar-refractivity contribution in [3.05, 3.63) is 83.8 Å². The molecule has 0 saturated carbocycles. The summed E-state index contributed by atoms with van der Waals surface area (Å²) in [5.74, 6) is 0.685. The van der Waals surface area contributed by atoms with Crippen molar-refractivity contribution in [3.63, 3.8) is 0 Å². The van der Waals surface area contributed by atoms with Gasteiger partial charge in [0.25, 0.3) is 0 Å². The molecular weight excluding hydrogens is 270 g/mol. The zero-order chi connectivity index (χ0) is 15.4. The first kappa shape index (κ1) is 14.4. The maximum Gasteiger partial charge on any atom is 0.145 e. The topological polar surface area (TPSA) is 51.8 Å². The van der Waals surface area contributed by atoms with Crippen LogP contribution in [0.25, 0.3) is 11.3 Å². The Bertz CT molecular complexity index is 753. The van der Waals surface area contributed by atoms with Crippen LogP contribution in [0.5, 0.6) is 0 Å². The molecule has 3 aromatic rings. The molecule has 0 saturated heterocycles. The first-order valence-electron chi connectivity index (χ1n) is 7.42. The van der Waals surface area contributed by atoms with Crippen molar-refractivity contribution in [1.82, 2.24) is 9.97 Å². The van der Waals surface area contributed by atoms with Gasteiger partial charge in [-0.1, -0.05) is 54.6 Å². The Morgan fingerprint density at radius 1 is 0.955 bits per heavy atom. The number of rotatable bonds is 4. The van der Waals surface area contributed by atoms with Crippen molar-refractivity contribution in [2.24, 2.45) is 5.73 Å². The Morgan fingerprint density at radius 3 is 2.45 bits per heavy atom. The largest absolute Gasteiger partial charge is 0.321 e. The van der Waals surface area contributed by atoms with E-state index in [0.29, 0.717) is 5.82 Å². The molecule has 0 spiro atoms. The van der Waals surface area contributed by atoms with E-state index in [-0.39, 0.29) is 6.04 Å². The summed E-state index contributed by atoms with van der Waals surface area (Å²) in [4.78, 5) is 9.02. The van der Waals surface area contributed by atoms with Crippen molar-refractivity contribution in [2.75, 3.05) is 0 Å². The van der Waals surface area contributed by atoms with E-state index in [4.69, 9.17) is 5.73 Å². The lowest BCUT2D eigenvalue weighted by Gasteiger charge is -2.12. The first-order valence-corrected chi connectivity index (χ1v) is 7.42. The molecule has 0 bridgehead atoms. The molecule has 1 atom stereocenters. The van der Waals surface area contributed by atoms with E-state index in [1.165, 1.54) is 11.1 Å². The summed E-state index contributed by atoms with van der Waals surface area (Å²) >= 11 is 0. The molecule has 0 aliphatic heterocycles. The predicted molar refractivity (Wildman–Crippen MR) is 89.3 cm³/mol. The molecule has 0 aliphatic rings. The Morgan fingerprint density at radius 2 is 1.68 bits per heavy atom. The van der Waals surface area contributed by atoms with Crippen LogP contribution in [0, 0.1) is 6.92 Å². The number of hydrogen-bond donors (Lipinski definition) is 1. The van der Waals surface area contributed by atoms with Gasteiger partial charge in [0, 0.05) is 11.8 Å². The van der Waals surface area contributed by atoms with Crippen LogP contribution in [-0.4, -0.2) is 9.97 Å². The molecule has 110 valence electrons. The fourth-order valence-corrected chi connectivity index (χ4v) is 2.52. The minimum absolute atomic E-state index is 0.202. The van der Waals surface area contributed by atoms with E-state index in [2.05, 4.69) is 41.2 Å². The summed E-state index contributed by atoms with van der Waals surface area (Å²) in [5, 5.41) is 0. The molecule has 3 heteroatoms. The first-order chi connectivity index (χ1) is 10.7. The third-order valence-corrected chi connectivity index (χ3v) is 3.73. The molecule has 1 aromatic heterocycles. The van der Waals surface area contributed by atoms with Crippen LogP contribution in [-0.2, 0) is 6.42 Å². The molecule has 0 unspecified atom stereocenters. The molecule has 0 aliphatic carbocycles. The Hall–Kier alpha value is -2.52. The average molecular weight is 289 g/mol. The van der Waals surface area contributed by atoms with Gasteiger partial charge in [-0.15, -0.1) is 0 Å². The van der Waals surface area contributed by atoms with Crippen LogP contribution in [0.1, 0.15) is 23.0 Å². The second-order valence-corrected chi connectivity index (χ2v) is 5.41. The minimum Gasteiger partial charge on any atom is -0.321 e. The number of nitrogens with zero attached hydrogens (tertiary/aromatic N) is 2. The van der Waals surface area contributed by atoms with Gasteiger partial charge in [-0.3, -0.25) is 0 Å². The van der Waals surface area contributed by atoms with Crippen LogP contribution in [0.2, 0.25) is 0 Å². The standard InChI is InChI=1S/C19H19N3/c1-14-7-5-6-10-16(14)18-11-12-21-19(22-18)17(20)13-15-8-3-2-4-9-15/h2-12,17H,13,20H2,1H3/t17-/m1/s1. The van der Waals surface area contributed by atoms with Crippen molar-refractivity contribution in [1.29, 1.82) is 0 Å². The summed E-state index contributed by atoms with van der Waals surface area (Å²) in [6.45, 7) is 2.08. The summed E-state index contributed by atoms with van der Waals surface area (Å²) in [7, 11) is 0. The highest BCUT2D eigenvalue weighted by Crippen LogP contribution is 2.22. The van der Waals surface area contributed by atoms with Crippen LogP contribution in [0.3, 0.4) is 0 Å². The number of aromatic nitrogens is 2. The second kappa shape index (κ2) is 6.50. The van der Waals surface area contributed by atoms with Crippen molar-refractivity contribution < 1.29 is 0 Å². The second-order valence-electron chi connectivity index (χ2n) is 5.41. The lowest BCUT2D eigenvalue weighted by Crippen LogP contribution is -2.17. The van der Waals surface area contributed by atoms with Gasteiger partial charge in [-0.2, -0.15) is 0 Å². The Balaban J connectivity index is 1.86. The Labute approximate surface area is 130 Å². The molecule has 22 heavy (non-hydrogen) atoms. The van der Waals surface area contributed by atoms with E-state index < -0.39 is 0 Å². The summed E-state index contributed by atoms with van der Waals surface area (Å²) < 4.78 is 0. The Kier molecular flexibility index (Phi) is 4.26. The minimum atomic E-state index is -0.202. The molecule has 0 amide bonds. The van der Waals surface area contributed by atoms with E-state index in [0.717, 1.165) is 17.7 Å². The SMILES string of the molecule is Cc1ccccc1-c1ccnc([C@H](N)Cc2ccccc2)n1. The van der Waals surface area contributed by atoms with Gasteiger partial charge in [0.05, 0.1) is 11.7 Å². The number of nitrogens with two attached hydrogens (primary N) is 1. The third kappa shape index (κ3) is 3.21. The fourth-order valence-electron chi connectivity index (χ4n) is 2.52. The molecule has 0 radical (unpaired) electrons. The van der Waals surface area contributed by atoms with E-state index in [1.807, 2.05) is 36.4 Å². The highest BCUT2D eigenvalue weighted by atomic mass is 14.9. The molecule has 1 heterocycles. The van der Waals surface area contributed by atoms with Gasteiger partial charge in [-0.05, 0) is 30.5 Å². The number of benzene rings is 2.